The number of rotatable bonds is 3. The summed E-state index contributed by atoms with van der Waals surface area (Å²) in [6, 6.07) is 4.07. The van der Waals surface area contributed by atoms with E-state index < -0.39 is 0 Å². The van der Waals surface area contributed by atoms with Crippen LogP contribution in [0, 0.1) is 0 Å². The SMILES string of the molecule is CN(Cc1nc(N)ccc1Cl)C1CCOCC1. The first-order valence-electron chi connectivity index (χ1n) is 5.85. The van der Waals surface area contributed by atoms with Crippen LogP contribution in [-0.4, -0.2) is 36.2 Å². The van der Waals surface area contributed by atoms with Gasteiger partial charge in [0.1, 0.15) is 5.82 Å². The zero-order chi connectivity index (χ0) is 12.3. The third-order valence-corrected chi connectivity index (χ3v) is 3.50. The predicted octanol–water partition coefficient (Wildman–Crippen LogP) is 1.93. The van der Waals surface area contributed by atoms with Crippen molar-refractivity contribution < 1.29 is 4.74 Å². The Hall–Kier alpha value is -0.840. The molecule has 2 rings (SSSR count). The second-order valence-electron chi connectivity index (χ2n) is 4.42. The lowest BCUT2D eigenvalue weighted by Gasteiger charge is -2.31. The van der Waals surface area contributed by atoms with Gasteiger partial charge in [-0.15, -0.1) is 0 Å². The maximum atomic E-state index is 6.11. The molecule has 0 unspecified atom stereocenters. The Balaban J connectivity index is 2.01. The average Bonchev–Trinajstić information content (AvgIpc) is 2.35. The van der Waals surface area contributed by atoms with Crippen molar-refractivity contribution in [2.24, 2.45) is 0 Å². The summed E-state index contributed by atoms with van der Waals surface area (Å²) in [6.07, 6.45) is 2.13. The first-order chi connectivity index (χ1) is 8.16. The molecule has 0 aromatic carbocycles. The molecule has 1 aliphatic heterocycles. The molecule has 1 aromatic rings. The van der Waals surface area contributed by atoms with Crippen molar-refractivity contribution in [3.05, 3.63) is 22.8 Å². The van der Waals surface area contributed by atoms with Gasteiger partial charge in [-0.25, -0.2) is 4.98 Å². The van der Waals surface area contributed by atoms with Gasteiger partial charge >= 0.3 is 0 Å². The number of hydrogen-bond donors (Lipinski definition) is 1. The predicted molar refractivity (Wildman–Crippen MR) is 69.0 cm³/mol. The van der Waals surface area contributed by atoms with E-state index in [9.17, 15) is 0 Å². The van der Waals surface area contributed by atoms with Crippen molar-refractivity contribution in [2.45, 2.75) is 25.4 Å². The quantitative estimate of drug-likeness (QED) is 0.897. The van der Waals surface area contributed by atoms with Gasteiger partial charge in [0.2, 0.25) is 0 Å². The van der Waals surface area contributed by atoms with Gasteiger partial charge in [0.15, 0.2) is 0 Å². The van der Waals surface area contributed by atoms with Crippen LogP contribution in [-0.2, 0) is 11.3 Å². The van der Waals surface area contributed by atoms with Crippen molar-refractivity contribution in [3.8, 4) is 0 Å². The Kier molecular flexibility index (Phi) is 4.20. The van der Waals surface area contributed by atoms with Gasteiger partial charge in [-0.1, -0.05) is 11.6 Å². The van der Waals surface area contributed by atoms with E-state index in [0.29, 0.717) is 16.9 Å². The van der Waals surface area contributed by atoms with Gasteiger partial charge in [-0.05, 0) is 32.0 Å². The van der Waals surface area contributed by atoms with Gasteiger partial charge in [0.25, 0.3) is 0 Å². The van der Waals surface area contributed by atoms with Crippen molar-refractivity contribution in [3.63, 3.8) is 0 Å². The average molecular weight is 256 g/mol. The molecule has 0 saturated carbocycles. The molecule has 1 fully saturated rings. The van der Waals surface area contributed by atoms with E-state index in [2.05, 4.69) is 16.9 Å². The molecule has 1 saturated heterocycles. The number of pyridine rings is 1. The van der Waals surface area contributed by atoms with Gasteiger partial charge < -0.3 is 10.5 Å². The number of halogens is 1. The van der Waals surface area contributed by atoms with E-state index in [-0.39, 0.29) is 0 Å². The van der Waals surface area contributed by atoms with Crippen LogP contribution in [0.1, 0.15) is 18.5 Å². The van der Waals surface area contributed by atoms with Crippen LogP contribution in [0.3, 0.4) is 0 Å². The van der Waals surface area contributed by atoms with E-state index in [1.807, 2.05) is 0 Å². The van der Waals surface area contributed by atoms with Crippen LogP contribution in [0.5, 0.6) is 0 Å². The summed E-state index contributed by atoms with van der Waals surface area (Å²) in [6.45, 7) is 2.41. The van der Waals surface area contributed by atoms with E-state index in [1.165, 1.54) is 0 Å². The number of aromatic nitrogens is 1. The molecule has 0 atom stereocenters. The van der Waals surface area contributed by atoms with Crippen LogP contribution >= 0.6 is 11.6 Å². The van der Waals surface area contributed by atoms with E-state index in [0.717, 1.165) is 38.3 Å². The van der Waals surface area contributed by atoms with Crippen LogP contribution < -0.4 is 5.73 Å². The zero-order valence-corrected chi connectivity index (χ0v) is 10.8. The fraction of sp³-hybridized carbons (Fsp3) is 0.583. The molecule has 2 N–H and O–H groups in total. The minimum absolute atomic E-state index is 0.518. The smallest absolute Gasteiger partial charge is 0.123 e. The number of nitrogens with zero attached hydrogens (tertiary/aromatic N) is 2. The Labute approximate surface area is 107 Å². The molecule has 94 valence electrons. The molecule has 1 aromatic heterocycles. The molecular formula is C12H18ClN3O. The van der Waals surface area contributed by atoms with E-state index in [1.54, 1.807) is 12.1 Å². The highest BCUT2D eigenvalue weighted by Crippen LogP contribution is 2.20. The highest BCUT2D eigenvalue weighted by atomic mass is 35.5. The van der Waals surface area contributed by atoms with Crippen molar-refractivity contribution in [1.82, 2.24) is 9.88 Å². The maximum Gasteiger partial charge on any atom is 0.123 e. The standard InChI is InChI=1S/C12H18ClN3O/c1-16(9-4-6-17-7-5-9)8-11-10(13)2-3-12(14)15-11/h2-3,9H,4-8H2,1H3,(H2,14,15). The summed E-state index contributed by atoms with van der Waals surface area (Å²) in [5.41, 5.74) is 6.52. The Morgan fingerprint density at radius 3 is 2.88 bits per heavy atom. The molecule has 0 amide bonds. The van der Waals surface area contributed by atoms with Crippen LogP contribution in [0.25, 0.3) is 0 Å². The summed E-state index contributed by atoms with van der Waals surface area (Å²) in [5.74, 6) is 0.518. The Bertz CT molecular complexity index is 380. The third kappa shape index (κ3) is 3.31. The largest absolute Gasteiger partial charge is 0.384 e. The van der Waals surface area contributed by atoms with Gasteiger partial charge in [-0.3, -0.25) is 4.90 Å². The molecule has 1 aliphatic rings. The molecule has 0 bridgehead atoms. The lowest BCUT2D eigenvalue weighted by molar-refractivity contribution is 0.0403. The van der Waals surface area contributed by atoms with Crippen molar-refractivity contribution >= 4 is 17.4 Å². The molecular weight excluding hydrogens is 238 g/mol. The minimum Gasteiger partial charge on any atom is -0.384 e. The molecule has 2 heterocycles. The number of hydrogen-bond acceptors (Lipinski definition) is 4. The fourth-order valence-corrected chi connectivity index (χ4v) is 2.27. The number of nitrogens with two attached hydrogens (primary N) is 1. The first kappa shape index (κ1) is 12.6. The van der Waals surface area contributed by atoms with Gasteiger partial charge in [0.05, 0.1) is 10.7 Å². The molecule has 0 radical (unpaired) electrons. The van der Waals surface area contributed by atoms with Gasteiger partial charge in [-0.2, -0.15) is 0 Å². The van der Waals surface area contributed by atoms with Crippen LogP contribution in [0.15, 0.2) is 12.1 Å². The second-order valence-corrected chi connectivity index (χ2v) is 4.83. The normalized spacial score (nSPS) is 17.6. The van der Waals surface area contributed by atoms with Crippen molar-refractivity contribution in [2.75, 3.05) is 26.0 Å². The Morgan fingerprint density at radius 1 is 1.47 bits per heavy atom. The minimum atomic E-state index is 0.518. The molecule has 0 spiro atoms. The van der Waals surface area contributed by atoms with Crippen LogP contribution in [0.4, 0.5) is 5.82 Å². The highest BCUT2D eigenvalue weighted by molar-refractivity contribution is 6.31. The first-order valence-corrected chi connectivity index (χ1v) is 6.23. The van der Waals surface area contributed by atoms with Crippen LogP contribution in [0.2, 0.25) is 5.02 Å². The molecule has 17 heavy (non-hydrogen) atoms. The summed E-state index contributed by atoms with van der Waals surface area (Å²) in [5, 5.41) is 0.679. The molecule has 5 heteroatoms. The van der Waals surface area contributed by atoms with Gasteiger partial charge in [0, 0.05) is 25.8 Å². The maximum absolute atomic E-state index is 6.11. The Morgan fingerprint density at radius 2 is 2.18 bits per heavy atom. The monoisotopic (exact) mass is 255 g/mol. The number of ether oxygens (including phenoxy) is 1. The van der Waals surface area contributed by atoms with E-state index >= 15 is 0 Å². The lowest BCUT2D eigenvalue weighted by atomic mass is 10.1. The van der Waals surface area contributed by atoms with Crippen molar-refractivity contribution in [1.29, 1.82) is 0 Å². The third-order valence-electron chi connectivity index (χ3n) is 3.15. The number of nitrogen functional groups attached to an aromatic ring is 1. The summed E-state index contributed by atoms with van der Waals surface area (Å²) < 4.78 is 5.35. The lowest BCUT2D eigenvalue weighted by Crippen LogP contribution is -2.36. The molecule has 4 nitrogen and oxygen atoms in total. The second kappa shape index (κ2) is 5.67. The summed E-state index contributed by atoms with van der Waals surface area (Å²) in [7, 11) is 2.09. The topological polar surface area (TPSA) is 51.4 Å². The fourth-order valence-electron chi connectivity index (χ4n) is 2.10. The summed E-state index contributed by atoms with van der Waals surface area (Å²) in [4.78, 5) is 6.55. The summed E-state index contributed by atoms with van der Waals surface area (Å²) >= 11 is 6.11. The number of anilines is 1. The highest BCUT2D eigenvalue weighted by Gasteiger charge is 2.19. The van der Waals surface area contributed by atoms with E-state index in [4.69, 9.17) is 22.1 Å². The zero-order valence-electron chi connectivity index (χ0n) is 10.0. The molecule has 0 aliphatic carbocycles.